The quantitative estimate of drug-likeness (QED) is 0.734. The van der Waals surface area contributed by atoms with Gasteiger partial charge in [0.25, 0.3) is 0 Å². The molecule has 0 fully saturated rings. The highest BCUT2D eigenvalue weighted by Gasteiger charge is 2.28. The lowest BCUT2D eigenvalue weighted by molar-refractivity contribution is 0.596. The van der Waals surface area contributed by atoms with Crippen molar-refractivity contribution in [3.05, 3.63) is 62.9 Å². The molecule has 2 heterocycles. The van der Waals surface area contributed by atoms with E-state index in [0.29, 0.717) is 17.1 Å². The van der Waals surface area contributed by atoms with Crippen LogP contribution in [0.3, 0.4) is 0 Å². The highest BCUT2D eigenvalue weighted by molar-refractivity contribution is 7.91. The molecule has 0 aliphatic rings. The Kier molecular flexibility index (Phi) is 4.46. The SMILES string of the molecule is Cc1c(S(=O)(=O)c2ccc(Cl)cc2)c(N)n(Cc2cccs2)c1C. The van der Waals surface area contributed by atoms with E-state index in [9.17, 15) is 8.42 Å². The molecule has 0 aliphatic carbocycles. The first-order chi connectivity index (χ1) is 11.3. The summed E-state index contributed by atoms with van der Waals surface area (Å²) in [6.45, 7) is 4.24. The summed E-state index contributed by atoms with van der Waals surface area (Å²) in [4.78, 5) is 1.49. The number of benzene rings is 1. The first kappa shape index (κ1) is 17.1. The molecule has 7 heteroatoms. The molecule has 3 aromatic rings. The van der Waals surface area contributed by atoms with Crippen LogP contribution in [0.15, 0.2) is 51.6 Å². The summed E-state index contributed by atoms with van der Waals surface area (Å²) in [5.74, 6) is 0.272. The molecule has 0 unspecified atom stereocenters. The Morgan fingerprint density at radius 2 is 1.83 bits per heavy atom. The minimum Gasteiger partial charge on any atom is -0.384 e. The normalized spacial score (nSPS) is 11.8. The summed E-state index contributed by atoms with van der Waals surface area (Å²) >= 11 is 7.47. The predicted octanol–water partition coefficient (Wildman–Crippen LogP) is 4.28. The van der Waals surface area contributed by atoms with Gasteiger partial charge in [-0.15, -0.1) is 11.3 Å². The predicted molar refractivity (Wildman–Crippen MR) is 98.6 cm³/mol. The zero-order chi connectivity index (χ0) is 17.5. The van der Waals surface area contributed by atoms with Crippen LogP contribution in [0.25, 0.3) is 0 Å². The first-order valence-electron chi connectivity index (χ1n) is 7.30. The fourth-order valence-electron chi connectivity index (χ4n) is 2.70. The molecule has 0 spiro atoms. The number of nitrogens with two attached hydrogens (primary N) is 1. The van der Waals surface area contributed by atoms with Gasteiger partial charge in [-0.25, -0.2) is 8.42 Å². The van der Waals surface area contributed by atoms with Crippen LogP contribution in [0.4, 0.5) is 5.82 Å². The van der Waals surface area contributed by atoms with Crippen LogP contribution in [0, 0.1) is 13.8 Å². The largest absolute Gasteiger partial charge is 0.384 e. The van der Waals surface area contributed by atoms with Crippen molar-refractivity contribution in [2.24, 2.45) is 0 Å². The van der Waals surface area contributed by atoms with E-state index in [1.165, 1.54) is 12.1 Å². The Balaban J connectivity index is 2.13. The van der Waals surface area contributed by atoms with E-state index in [0.717, 1.165) is 10.6 Å². The van der Waals surface area contributed by atoms with E-state index in [4.69, 9.17) is 17.3 Å². The summed E-state index contributed by atoms with van der Waals surface area (Å²) in [5, 5.41) is 2.48. The molecular weight excluding hydrogens is 364 g/mol. The zero-order valence-electron chi connectivity index (χ0n) is 13.3. The van der Waals surface area contributed by atoms with Crippen LogP contribution >= 0.6 is 22.9 Å². The molecular formula is C17H17ClN2O2S2. The van der Waals surface area contributed by atoms with Gasteiger partial charge in [-0.1, -0.05) is 17.7 Å². The van der Waals surface area contributed by atoms with E-state index in [1.54, 1.807) is 30.4 Å². The second-order valence-corrected chi connectivity index (χ2v) is 8.90. The van der Waals surface area contributed by atoms with Crippen molar-refractivity contribution in [2.45, 2.75) is 30.2 Å². The van der Waals surface area contributed by atoms with Crippen molar-refractivity contribution < 1.29 is 8.42 Å². The van der Waals surface area contributed by atoms with Gasteiger partial charge in [-0.3, -0.25) is 0 Å². The molecule has 0 radical (unpaired) electrons. The van der Waals surface area contributed by atoms with Gasteiger partial charge in [0, 0.05) is 15.6 Å². The van der Waals surface area contributed by atoms with Crippen molar-refractivity contribution in [2.75, 3.05) is 5.73 Å². The summed E-state index contributed by atoms with van der Waals surface area (Å²) < 4.78 is 27.9. The number of nitrogens with zero attached hydrogens (tertiary/aromatic N) is 1. The maximum atomic E-state index is 13.0. The van der Waals surface area contributed by atoms with E-state index in [-0.39, 0.29) is 15.6 Å². The minimum absolute atomic E-state index is 0.180. The molecule has 0 amide bonds. The molecule has 2 N–H and O–H groups in total. The van der Waals surface area contributed by atoms with Crippen LogP contribution < -0.4 is 5.73 Å². The van der Waals surface area contributed by atoms with Crippen molar-refractivity contribution >= 4 is 38.6 Å². The molecule has 0 saturated carbocycles. The molecule has 126 valence electrons. The van der Waals surface area contributed by atoms with E-state index in [1.807, 2.05) is 29.0 Å². The van der Waals surface area contributed by atoms with Crippen LogP contribution in [0.1, 0.15) is 16.1 Å². The molecule has 3 rings (SSSR count). The van der Waals surface area contributed by atoms with Gasteiger partial charge >= 0.3 is 0 Å². The maximum absolute atomic E-state index is 13.0. The molecule has 1 aromatic carbocycles. The number of aromatic nitrogens is 1. The number of rotatable bonds is 4. The number of sulfone groups is 1. The molecule has 2 aromatic heterocycles. The number of hydrogen-bond donors (Lipinski definition) is 1. The molecule has 4 nitrogen and oxygen atoms in total. The number of halogens is 1. The molecule has 24 heavy (non-hydrogen) atoms. The third-order valence-electron chi connectivity index (χ3n) is 4.10. The third kappa shape index (κ3) is 2.85. The Morgan fingerprint density at radius 1 is 1.17 bits per heavy atom. The zero-order valence-corrected chi connectivity index (χ0v) is 15.7. The monoisotopic (exact) mass is 380 g/mol. The Morgan fingerprint density at radius 3 is 2.42 bits per heavy atom. The lowest BCUT2D eigenvalue weighted by Gasteiger charge is -2.08. The number of anilines is 1. The first-order valence-corrected chi connectivity index (χ1v) is 10.0. The lowest BCUT2D eigenvalue weighted by Crippen LogP contribution is -2.09. The van der Waals surface area contributed by atoms with Crippen molar-refractivity contribution in [3.63, 3.8) is 0 Å². The van der Waals surface area contributed by atoms with E-state index in [2.05, 4.69) is 0 Å². The second kappa shape index (κ2) is 6.27. The van der Waals surface area contributed by atoms with Gasteiger partial charge in [-0.05, 0) is 55.1 Å². The molecule has 0 saturated heterocycles. The van der Waals surface area contributed by atoms with Gasteiger partial charge in [0.05, 0.1) is 11.4 Å². The van der Waals surface area contributed by atoms with E-state index >= 15 is 0 Å². The summed E-state index contributed by atoms with van der Waals surface area (Å²) in [6, 6.07) is 10.1. The number of hydrogen-bond acceptors (Lipinski definition) is 4. The smallest absolute Gasteiger partial charge is 0.210 e. The summed E-state index contributed by atoms with van der Waals surface area (Å²) in [5.41, 5.74) is 7.77. The van der Waals surface area contributed by atoms with Crippen LogP contribution in [-0.4, -0.2) is 13.0 Å². The molecule has 0 aliphatic heterocycles. The average Bonchev–Trinajstić information content (AvgIpc) is 3.11. The van der Waals surface area contributed by atoms with Crippen LogP contribution in [0.2, 0.25) is 5.02 Å². The van der Waals surface area contributed by atoms with Crippen molar-refractivity contribution in [1.29, 1.82) is 0 Å². The number of nitrogen functional groups attached to an aromatic ring is 1. The lowest BCUT2D eigenvalue weighted by atomic mass is 10.3. The Labute approximate surface area is 150 Å². The van der Waals surface area contributed by atoms with Gasteiger partial charge < -0.3 is 10.3 Å². The average molecular weight is 381 g/mol. The topological polar surface area (TPSA) is 65.1 Å². The van der Waals surface area contributed by atoms with Crippen LogP contribution in [-0.2, 0) is 16.4 Å². The summed E-state index contributed by atoms with van der Waals surface area (Å²) in [6.07, 6.45) is 0. The van der Waals surface area contributed by atoms with Gasteiger partial charge in [0.2, 0.25) is 9.84 Å². The molecule has 0 bridgehead atoms. The Bertz CT molecular complexity index is 973. The summed E-state index contributed by atoms with van der Waals surface area (Å²) in [7, 11) is -3.70. The fourth-order valence-corrected chi connectivity index (χ4v) is 5.18. The minimum atomic E-state index is -3.70. The van der Waals surface area contributed by atoms with E-state index < -0.39 is 9.84 Å². The highest BCUT2D eigenvalue weighted by atomic mass is 35.5. The standard InChI is InChI=1S/C17H17ClN2O2S2/c1-11-12(2)20(10-14-4-3-9-23-14)17(19)16(11)24(21,22)15-7-5-13(18)6-8-15/h3-9H,10,19H2,1-2H3. The fraction of sp³-hybridized carbons (Fsp3) is 0.176. The van der Waals surface area contributed by atoms with Gasteiger partial charge in [0.15, 0.2) is 0 Å². The Hall–Kier alpha value is -1.76. The number of thiophene rings is 1. The van der Waals surface area contributed by atoms with Crippen molar-refractivity contribution in [3.8, 4) is 0 Å². The molecule has 0 atom stereocenters. The maximum Gasteiger partial charge on any atom is 0.210 e. The van der Waals surface area contributed by atoms with Gasteiger partial charge in [0.1, 0.15) is 10.7 Å². The van der Waals surface area contributed by atoms with Gasteiger partial charge in [-0.2, -0.15) is 0 Å². The van der Waals surface area contributed by atoms with Crippen LogP contribution in [0.5, 0.6) is 0 Å². The third-order valence-corrected chi connectivity index (χ3v) is 7.16. The highest BCUT2D eigenvalue weighted by Crippen LogP contribution is 2.34. The second-order valence-electron chi connectivity index (χ2n) is 5.55. The van der Waals surface area contributed by atoms with Crippen molar-refractivity contribution in [1.82, 2.24) is 4.57 Å².